The van der Waals surface area contributed by atoms with Gasteiger partial charge < -0.3 is 16.4 Å². The van der Waals surface area contributed by atoms with Crippen molar-refractivity contribution in [2.75, 3.05) is 19.6 Å². The fourth-order valence-electron chi connectivity index (χ4n) is 1.43. The summed E-state index contributed by atoms with van der Waals surface area (Å²) in [5.41, 5.74) is 5.90. The van der Waals surface area contributed by atoms with Crippen molar-refractivity contribution in [1.82, 2.24) is 10.6 Å². The molecule has 1 aromatic rings. The number of nitrogens with one attached hydrogen (secondary N) is 2. The van der Waals surface area contributed by atoms with E-state index in [1.807, 2.05) is 12.1 Å². The molecule has 0 fully saturated rings. The molecule has 0 aliphatic heterocycles. The van der Waals surface area contributed by atoms with Crippen molar-refractivity contribution in [2.45, 2.75) is 12.8 Å². The van der Waals surface area contributed by atoms with E-state index in [4.69, 9.17) is 5.73 Å². The summed E-state index contributed by atoms with van der Waals surface area (Å²) < 4.78 is 0.927. The lowest BCUT2D eigenvalue weighted by atomic mass is 10.2. The Balaban J connectivity index is 0.00000361. The number of halogens is 2. The monoisotopic (exact) mass is 363 g/mol. The maximum absolute atomic E-state index is 11.7. The number of hydrogen-bond donors (Lipinski definition) is 3. The Hall–Kier alpha value is -1.11. The first-order valence-electron chi connectivity index (χ1n) is 6.14. The first-order chi connectivity index (χ1) is 9.13. The molecule has 112 valence electrons. The molecule has 0 radical (unpaired) electrons. The molecule has 0 bridgehead atoms. The van der Waals surface area contributed by atoms with E-state index >= 15 is 0 Å². The summed E-state index contributed by atoms with van der Waals surface area (Å²) >= 11 is 3.31. The van der Waals surface area contributed by atoms with Gasteiger partial charge >= 0.3 is 0 Å². The third kappa shape index (κ3) is 7.47. The Morgan fingerprint density at radius 1 is 1.10 bits per heavy atom. The van der Waals surface area contributed by atoms with Gasteiger partial charge in [0.2, 0.25) is 5.91 Å². The summed E-state index contributed by atoms with van der Waals surface area (Å²) in [5, 5.41) is 5.45. The van der Waals surface area contributed by atoms with Gasteiger partial charge in [0, 0.05) is 29.5 Å². The largest absolute Gasteiger partial charge is 0.354 e. The second-order valence-corrected chi connectivity index (χ2v) is 4.92. The molecule has 0 aromatic heterocycles. The van der Waals surface area contributed by atoms with E-state index in [9.17, 15) is 9.59 Å². The number of benzene rings is 1. The van der Waals surface area contributed by atoms with Crippen molar-refractivity contribution in [1.29, 1.82) is 0 Å². The van der Waals surface area contributed by atoms with Crippen LogP contribution in [0.2, 0.25) is 0 Å². The summed E-state index contributed by atoms with van der Waals surface area (Å²) in [6, 6.07) is 7.09. The zero-order chi connectivity index (χ0) is 14.1. The Morgan fingerprint density at radius 3 is 2.30 bits per heavy atom. The fourth-order valence-corrected chi connectivity index (χ4v) is 1.70. The second-order valence-electron chi connectivity index (χ2n) is 4.00. The molecule has 0 heterocycles. The molecular weight excluding hydrogens is 346 g/mol. The van der Waals surface area contributed by atoms with Crippen LogP contribution in [0.1, 0.15) is 23.2 Å². The van der Waals surface area contributed by atoms with E-state index in [1.165, 1.54) is 0 Å². The van der Waals surface area contributed by atoms with Gasteiger partial charge in [0.1, 0.15) is 0 Å². The van der Waals surface area contributed by atoms with Gasteiger partial charge in [-0.3, -0.25) is 9.59 Å². The van der Waals surface area contributed by atoms with Gasteiger partial charge in [0.05, 0.1) is 0 Å². The van der Waals surface area contributed by atoms with Crippen LogP contribution in [0.3, 0.4) is 0 Å². The zero-order valence-electron chi connectivity index (χ0n) is 11.0. The summed E-state index contributed by atoms with van der Waals surface area (Å²) in [7, 11) is 0. The van der Waals surface area contributed by atoms with E-state index in [0.29, 0.717) is 38.0 Å². The molecule has 1 rings (SSSR count). The van der Waals surface area contributed by atoms with Crippen LogP contribution in [0.4, 0.5) is 0 Å². The number of hydrogen-bond acceptors (Lipinski definition) is 3. The van der Waals surface area contributed by atoms with Crippen molar-refractivity contribution >= 4 is 40.2 Å². The molecule has 0 aliphatic rings. The molecule has 0 atom stereocenters. The lowest BCUT2D eigenvalue weighted by molar-refractivity contribution is -0.121. The molecular formula is C13H19BrClN3O2. The minimum absolute atomic E-state index is 0. The predicted octanol–water partition coefficient (Wildman–Crippen LogP) is 1.46. The average molecular weight is 365 g/mol. The molecule has 0 saturated carbocycles. The molecule has 0 unspecified atom stereocenters. The number of amides is 2. The van der Waals surface area contributed by atoms with Crippen LogP contribution in [0.25, 0.3) is 0 Å². The van der Waals surface area contributed by atoms with Crippen molar-refractivity contribution in [3.8, 4) is 0 Å². The molecule has 4 N–H and O–H groups in total. The Kier molecular flexibility index (Phi) is 10.1. The van der Waals surface area contributed by atoms with Gasteiger partial charge in [0.25, 0.3) is 5.91 Å². The highest BCUT2D eigenvalue weighted by Gasteiger charge is 2.04. The molecule has 7 heteroatoms. The van der Waals surface area contributed by atoms with Gasteiger partial charge in [-0.05, 0) is 37.2 Å². The topological polar surface area (TPSA) is 84.2 Å². The van der Waals surface area contributed by atoms with Crippen molar-refractivity contribution in [3.05, 3.63) is 34.3 Å². The lowest BCUT2D eigenvalue weighted by Gasteiger charge is -2.07. The SMILES string of the molecule is Cl.NCCCC(=O)NCCNC(=O)c1ccc(Br)cc1. The van der Waals surface area contributed by atoms with Crippen molar-refractivity contribution in [3.63, 3.8) is 0 Å². The van der Waals surface area contributed by atoms with E-state index in [2.05, 4.69) is 26.6 Å². The van der Waals surface area contributed by atoms with E-state index in [0.717, 1.165) is 4.47 Å². The maximum Gasteiger partial charge on any atom is 0.251 e. The predicted molar refractivity (Wildman–Crippen MR) is 85.0 cm³/mol. The first-order valence-corrected chi connectivity index (χ1v) is 6.93. The fraction of sp³-hybridized carbons (Fsp3) is 0.385. The van der Waals surface area contributed by atoms with Crippen LogP contribution >= 0.6 is 28.3 Å². The number of rotatable bonds is 7. The van der Waals surface area contributed by atoms with Gasteiger partial charge in [-0.15, -0.1) is 12.4 Å². The van der Waals surface area contributed by atoms with Crippen molar-refractivity contribution in [2.24, 2.45) is 5.73 Å². The summed E-state index contributed by atoms with van der Waals surface area (Å²) in [6.45, 7) is 1.34. The second kappa shape index (κ2) is 10.7. The van der Waals surface area contributed by atoms with Crippen LogP contribution in [-0.4, -0.2) is 31.4 Å². The quantitative estimate of drug-likeness (QED) is 0.640. The Labute approximate surface area is 133 Å². The van der Waals surface area contributed by atoms with E-state index in [-0.39, 0.29) is 24.2 Å². The first kappa shape index (κ1) is 18.9. The third-order valence-electron chi connectivity index (χ3n) is 2.45. The average Bonchev–Trinajstić information content (AvgIpc) is 2.41. The minimum Gasteiger partial charge on any atom is -0.354 e. The number of nitrogens with two attached hydrogens (primary N) is 1. The van der Waals surface area contributed by atoms with Gasteiger partial charge in [0.15, 0.2) is 0 Å². The minimum atomic E-state index is -0.149. The van der Waals surface area contributed by atoms with Gasteiger partial charge in [-0.1, -0.05) is 15.9 Å². The van der Waals surface area contributed by atoms with Crippen molar-refractivity contribution < 1.29 is 9.59 Å². The van der Waals surface area contributed by atoms with Crippen LogP contribution in [-0.2, 0) is 4.79 Å². The molecule has 0 saturated heterocycles. The maximum atomic E-state index is 11.7. The normalized spacial score (nSPS) is 9.50. The molecule has 0 aliphatic carbocycles. The molecule has 1 aromatic carbocycles. The van der Waals surface area contributed by atoms with E-state index < -0.39 is 0 Å². The molecule has 5 nitrogen and oxygen atoms in total. The van der Waals surface area contributed by atoms with Crippen LogP contribution in [0.15, 0.2) is 28.7 Å². The Morgan fingerprint density at radius 2 is 1.70 bits per heavy atom. The van der Waals surface area contributed by atoms with Crippen LogP contribution in [0.5, 0.6) is 0 Å². The van der Waals surface area contributed by atoms with Gasteiger partial charge in [-0.2, -0.15) is 0 Å². The summed E-state index contributed by atoms with van der Waals surface area (Å²) in [5.74, 6) is -0.188. The Bertz CT molecular complexity index is 426. The summed E-state index contributed by atoms with van der Waals surface area (Å²) in [6.07, 6.45) is 1.11. The highest BCUT2D eigenvalue weighted by atomic mass is 79.9. The van der Waals surface area contributed by atoms with E-state index in [1.54, 1.807) is 12.1 Å². The lowest BCUT2D eigenvalue weighted by Crippen LogP contribution is -2.34. The van der Waals surface area contributed by atoms with Crippen LogP contribution in [0, 0.1) is 0 Å². The number of carbonyl (C=O) groups is 2. The molecule has 0 spiro atoms. The smallest absolute Gasteiger partial charge is 0.251 e. The van der Waals surface area contributed by atoms with Gasteiger partial charge in [-0.25, -0.2) is 0 Å². The molecule has 20 heavy (non-hydrogen) atoms. The summed E-state index contributed by atoms with van der Waals surface area (Å²) in [4.78, 5) is 23.0. The zero-order valence-corrected chi connectivity index (χ0v) is 13.4. The highest BCUT2D eigenvalue weighted by Crippen LogP contribution is 2.10. The third-order valence-corrected chi connectivity index (χ3v) is 2.98. The number of carbonyl (C=O) groups excluding carboxylic acids is 2. The standard InChI is InChI=1S/C13H18BrN3O2.ClH/c14-11-5-3-10(4-6-11)13(19)17-9-8-16-12(18)2-1-7-15;/h3-6H,1-2,7-9,15H2,(H,16,18)(H,17,19);1H. The molecule has 2 amide bonds. The van der Waals surface area contributed by atoms with Crippen LogP contribution < -0.4 is 16.4 Å². The highest BCUT2D eigenvalue weighted by molar-refractivity contribution is 9.10.